The molecule has 0 spiro atoms. The number of aliphatic hydroxyl groups is 7. The first kappa shape index (κ1) is 35.5. The summed E-state index contributed by atoms with van der Waals surface area (Å²) in [6, 6.07) is 0. The SMILES string of the molecule is Nc1ncnc2c1ncn2[C@@H]1O[C@H](CO)[C@@H](O)[C@H]1O.O=C[C@H](O)[C@H](O)[C@H](O)CO.O=P(O)(O)OP(=O)(O)OBr. The van der Waals surface area contributed by atoms with Crippen molar-refractivity contribution in [3.05, 3.63) is 12.7 Å². The monoisotopic (exact) mass is 673 g/mol. The molecule has 1 fully saturated rings. The Bertz CT molecular complexity index is 1150. The molecule has 1 aliphatic heterocycles. The van der Waals surface area contributed by atoms with Crippen LogP contribution in [0.25, 0.3) is 11.2 Å². The van der Waals surface area contributed by atoms with Crippen molar-refractivity contribution in [2.24, 2.45) is 0 Å². The number of aldehydes is 1. The fourth-order valence-corrected chi connectivity index (χ4v) is 4.38. The summed E-state index contributed by atoms with van der Waals surface area (Å²) in [4.78, 5) is 45.8. The van der Waals surface area contributed by atoms with Crippen LogP contribution in [0.3, 0.4) is 0 Å². The van der Waals surface area contributed by atoms with Gasteiger partial charge in [-0.2, -0.15) is 4.31 Å². The summed E-state index contributed by atoms with van der Waals surface area (Å²) in [7, 11) is -9.61. The number of nitrogens with zero attached hydrogens (tertiary/aromatic N) is 4. The van der Waals surface area contributed by atoms with Gasteiger partial charge in [-0.25, -0.2) is 27.7 Å². The zero-order valence-corrected chi connectivity index (χ0v) is 22.6. The number of carbonyl (C=O) groups is 1. The maximum atomic E-state index is 10.2. The number of carbonyl (C=O) groups excluding carboxylic acids is 1. The number of ether oxygens (including phenoxy) is 1. The number of hydrogen-bond acceptors (Lipinski definition) is 17. The van der Waals surface area contributed by atoms with E-state index in [-0.39, 0.29) is 12.1 Å². The zero-order valence-electron chi connectivity index (χ0n) is 19.2. The molecular weight excluding hydrogens is 648 g/mol. The largest absolute Gasteiger partial charge is 0.492 e. The van der Waals surface area contributed by atoms with E-state index in [1.54, 1.807) is 0 Å². The highest BCUT2D eigenvalue weighted by atomic mass is 79.9. The van der Waals surface area contributed by atoms with E-state index in [0.717, 1.165) is 0 Å². The average molecular weight is 674 g/mol. The molecule has 1 saturated heterocycles. The van der Waals surface area contributed by atoms with Crippen LogP contribution in [0.5, 0.6) is 0 Å². The predicted molar refractivity (Wildman–Crippen MR) is 127 cm³/mol. The minimum absolute atomic E-state index is 0.0869. The molecule has 0 bridgehead atoms. The number of rotatable bonds is 9. The summed E-state index contributed by atoms with van der Waals surface area (Å²) in [5.41, 5.74) is 6.44. The van der Waals surface area contributed by atoms with Crippen molar-refractivity contribution in [1.82, 2.24) is 19.5 Å². The lowest BCUT2D eigenvalue weighted by Crippen LogP contribution is -2.40. The van der Waals surface area contributed by atoms with Crippen LogP contribution >= 0.6 is 31.9 Å². The fourth-order valence-electron chi connectivity index (χ4n) is 2.73. The normalized spacial score (nSPS) is 24.9. The lowest BCUT2D eigenvalue weighted by molar-refractivity contribution is -0.127. The number of phosphoric acid groups is 2. The van der Waals surface area contributed by atoms with Gasteiger partial charge >= 0.3 is 15.6 Å². The summed E-state index contributed by atoms with van der Waals surface area (Å²) >= 11 is 2.04. The van der Waals surface area contributed by atoms with Gasteiger partial charge < -0.3 is 65.7 Å². The third-order valence-electron chi connectivity index (χ3n) is 4.55. The molecule has 0 radical (unpaired) electrons. The smallest absolute Gasteiger partial charge is 0.394 e. The molecule has 0 amide bonds. The molecule has 1 unspecified atom stereocenters. The van der Waals surface area contributed by atoms with Crippen LogP contribution in [0.15, 0.2) is 12.7 Å². The summed E-state index contributed by atoms with van der Waals surface area (Å²) in [5, 5.41) is 62.8. The Balaban J connectivity index is 0.000000326. The molecule has 3 rings (SSSR count). The molecule has 39 heavy (non-hydrogen) atoms. The van der Waals surface area contributed by atoms with Crippen molar-refractivity contribution in [2.45, 2.75) is 42.9 Å². The van der Waals surface area contributed by atoms with Crippen LogP contribution in [0.4, 0.5) is 5.82 Å². The number of nitrogens with two attached hydrogens (primary N) is 1. The van der Waals surface area contributed by atoms with E-state index in [2.05, 4.69) is 22.9 Å². The van der Waals surface area contributed by atoms with Gasteiger partial charge in [0.2, 0.25) is 0 Å². The van der Waals surface area contributed by atoms with Gasteiger partial charge in [-0.15, -0.1) is 0 Å². The van der Waals surface area contributed by atoms with Crippen LogP contribution in [0.2, 0.25) is 0 Å². The Kier molecular flexibility index (Phi) is 14.0. The fraction of sp³-hybridized carbons (Fsp3) is 0.600. The molecule has 0 saturated carbocycles. The van der Waals surface area contributed by atoms with Crippen LogP contribution in [-0.2, 0) is 26.6 Å². The van der Waals surface area contributed by atoms with Gasteiger partial charge in [-0.05, 0) is 0 Å². The number of imidazole rings is 1. The van der Waals surface area contributed by atoms with E-state index in [0.29, 0.717) is 11.2 Å². The van der Waals surface area contributed by atoms with E-state index in [1.807, 2.05) is 16.3 Å². The van der Waals surface area contributed by atoms with Crippen molar-refractivity contribution in [1.29, 1.82) is 0 Å². The highest BCUT2D eigenvalue weighted by molar-refractivity contribution is 9.06. The number of fused-ring (bicyclic) bond motifs is 1. The Hall–Kier alpha value is -1.56. The number of aromatic nitrogens is 4. The lowest BCUT2D eigenvalue weighted by atomic mass is 10.1. The van der Waals surface area contributed by atoms with Crippen LogP contribution in [0.1, 0.15) is 6.23 Å². The van der Waals surface area contributed by atoms with E-state index >= 15 is 0 Å². The van der Waals surface area contributed by atoms with Gasteiger partial charge in [0.25, 0.3) is 0 Å². The zero-order chi connectivity index (χ0) is 30.1. The standard InChI is InChI=1S/C10H13N5O4.C5H10O5.BrH3O7P2/c11-8-5-9(13-2-12-8)15(3-14-5)10-7(18)6(17)4(1-16)19-10;6-1-3(8)5(10)4(9)2-7;1-7-10(5,6)8-9(2,3)4/h2-4,6-7,10,16-18H,1H2,(H2,11,12,13);1,3-5,7-10H,2H2;(H,5,6)(H2,2,3,4)/t4-,6-,7-,10-;3-,4+,5-;/m10./s1. The number of hydrogen-bond donors (Lipinski definition) is 11. The highest BCUT2D eigenvalue weighted by Gasteiger charge is 2.44. The van der Waals surface area contributed by atoms with Crippen LogP contribution in [0, 0.1) is 0 Å². The first-order valence-corrected chi connectivity index (χ1v) is 13.8. The molecule has 2 aromatic heterocycles. The molecule has 3 heterocycles. The predicted octanol–water partition coefficient (Wildman–Crippen LogP) is -4.20. The summed E-state index contributed by atoms with van der Waals surface area (Å²) in [5.74, 6) is 0.218. The Labute approximate surface area is 226 Å². The first-order chi connectivity index (χ1) is 18.0. The van der Waals surface area contributed by atoms with Crippen molar-refractivity contribution in [2.75, 3.05) is 18.9 Å². The number of halogens is 1. The lowest BCUT2D eigenvalue weighted by Gasteiger charge is -2.16. The van der Waals surface area contributed by atoms with E-state index in [9.17, 15) is 24.1 Å². The molecule has 2 aromatic rings. The average Bonchev–Trinajstić information content (AvgIpc) is 3.43. The molecule has 0 aromatic carbocycles. The van der Waals surface area contributed by atoms with Gasteiger partial charge in [0.1, 0.15) is 64.7 Å². The molecule has 8 atom stereocenters. The Morgan fingerprint density at radius 3 is 2.18 bits per heavy atom. The van der Waals surface area contributed by atoms with Gasteiger partial charge in [0, 0.05) is 0 Å². The molecule has 21 nitrogen and oxygen atoms in total. The van der Waals surface area contributed by atoms with Gasteiger partial charge in [-0.3, -0.25) is 4.57 Å². The van der Waals surface area contributed by atoms with Crippen molar-refractivity contribution in [3.63, 3.8) is 0 Å². The third kappa shape index (κ3) is 10.4. The number of nitrogen functional groups attached to an aromatic ring is 1. The topological polar surface area (TPSA) is 351 Å². The van der Waals surface area contributed by atoms with Crippen molar-refractivity contribution < 1.29 is 77.0 Å². The quantitative estimate of drug-likeness (QED) is 0.0887. The third-order valence-corrected chi connectivity index (χ3v) is 7.49. The molecule has 1 aliphatic rings. The van der Waals surface area contributed by atoms with Crippen LogP contribution < -0.4 is 5.73 Å². The molecule has 24 heteroatoms. The minimum atomic E-state index is -4.97. The van der Waals surface area contributed by atoms with E-state index < -0.39 is 71.7 Å². The molecule has 12 N–H and O–H groups in total. The maximum Gasteiger partial charge on any atom is 0.492 e. The molecule has 0 aliphatic carbocycles. The van der Waals surface area contributed by atoms with Gasteiger partial charge in [0.05, 0.1) is 19.5 Å². The molecular formula is C15H26BrN5O16P2. The van der Waals surface area contributed by atoms with Crippen molar-refractivity contribution >= 4 is 55.2 Å². The summed E-state index contributed by atoms with van der Waals surface area (Å²) in [6.07, 6.45) is -6.05. The van der Waals surface area contributed by atoms with E-state index in [1.165, 1.54) is 17.2 Å². The highest BCUT2D eigenvalue weighted by Crippen LogP contribution is 2.58. The second-order valence-electron chi connectivity index (χ2n) is 7.29. The number of anilines is 1. The Morgan fingerprint density at radius 2 is 1.74 bits per heavy atom. The van der Waals surface area contributed by atoms with E-state index in [4.69, 9.17) is 50.7 Å². The second-order valence-corrected chi connectivity index (χ2v) is 10.9. The van der Waals surface area contributed by atoms with Gasteiger partial charge in [0.15, 0.2) is 24.0 Å². The summed E-state index contributed by atoms with van der Waals surface area (Å²) < 4.78 is 33.7. The van der Waals surface area contributed by atoms with Gasteiger partial charge in [-0.1, -0.05) is 0 Å². The summed E-state index contributed by atoms with van der Waals surface area (Å²) in [6.45, 7) is -1.08. The second kappa shape index (κ2) is 15.4. The first-order valence-electron chi connectivity index (χ1n) is 10.1. The van der Waals surface area contributed by atoms with Crippen LogP contribution in [-0.4, -0.2) is 126 Å². The minimum Gasteiger partial charge on any atom is -0.394 e. The number of aliphatic hydroxyl groups excluding tert-OH is 7. The molecule has 224 valence electrons. The Morgan fingerprint density at radius 1 is 1.13 bits per heavy atom. The van der Waals surface area contributed by atoms with Crippen molar-refractivity contribution in [3.8, 4) is 0 Å². The maximum absolute atomic E-state index is 10.2.